The molecule has 1 nitrogen and oxygen atoms in total. The maximum Gasteiger partial charge on any atom is 0.0484 e. The fourth-order valence-corrected chi connectivity index (χ4v) is 0.870. The summed E-state index contributed by atoms with van der Waals surface area (Å²) in [6.45, 7) is 0. The van der Waals surface area contributed by atoms with Gasteiger partial charge in [-0.1, -0.05) is 11.6 Å². The van der Waals surface area contributed by atoms with E-state index in [1.54, 1.807) is 12.1 Å². The SMILES string of the molecule is Nc1cc(Cl)c[c]c1Br. The minimum atomic E-state index is 0.607. The Morgan fingerprint density at radius 3 is 2.78 bits per heavy atom. The Morgan fingerprint density at radius 2 is 2.33 bits per heavy atom. The van der Waals surface area contributed by atoms with Crippen LogP contribution in [0.5, 0.6) is 0 Å². The lowest BCUT2D eigenvalue weighted by atomic mass is 10.3. The van der Waals surface area contributed by atoms with Gasteiger partial charge in [-0.3, -0.25) is 0 Å². The maximum atomic E-state index is 5.58. The van der Waals surface area contributed by atoms with Crippen LogP contribution in [0.4, 0.5) is 5.69 Å². The zero-order valence-corrected chi connectivity index (χ0v) is 6.83. The van der Waals surface area contributed by atoms with Crippen LogP contribution in [0.2, 0.25) is 5.02 Å². The number of nitrogen functional groups attached to an aromatic ring is 1. The van der Waals surface area contributed by atoms with Gasteiger partial charge >= 0.3 is 0 Å². The first-order chi connectivity index (χ1) is 4.20. The molecule has 0 unspecified atom stereocenters. The van der Waals surface area contributed by atoms with E-state index in [-0.39, 0.29) is 0 Å². The molecule has 0 aromatic heterocycles. The van der Waals surface area contributed by atoms with Crippen LogP contribution >= 0.6 is 27.5 Å². The highest BCUT2D eigenvalue weighted by Crippen LogP contribution is 2.21. The number of hydrogen-bond donors (Lipinski definition) is 1. The van der Waals surface area contributed by atoms with E-state index in [1.807, 2.05) is 0 Å². The summed E-state index contributed by atoms with van der Waals surface area (Å²) in [6, 6.07) is 6.15. The van der Waals surface area contributed by atoms with Gasteiger partial charge in [-0.15, -0.1) is 0 Å². The van der Waals surface area contributed by atoms with Gasteiger partial charge in [0.2, 0.25) is 0 Å². The molecule has 0 atom stereocenters. The van der Waals surface area contributed by atoms with E-state index in [2.05, 4.69) is 22.0 Å². The number of hydrogen-bond acceptors (Lipinski definition) is 1. The van der Waals surface area contributed by atoms with E-state index in [4.69, 9.17) is 17.3 Å². The van der Waals surface area contributed by atoms with Crippen molar-refractivity contribution in [1.29, 1.82) is 0 Å². The van der Waals surface area contributed by atoms with Crippen molar-refractivity contribution in [1.82, 2.24) is 0 Å². The summed E-state index contributed by atoms with van der Waals surface area (Å²) in [6.07, 6.45) is 0. The minimum absolute atomic E-state index is 0.607. The zero-order chi connectivity index (χ0) is 6.85. The second-order valence-corrected chi connectivity index (χ2v) is 2.82. The summed E-state index contributed by atoms with van der Waals surface area (Å²) in [4.78, 5) is 0. The molecule has 0 heterocycles. The third-order valence-electron chi connectivity index (χ3n) is 0.884. The standard InChI is InChI=1S/C6H4BrClN/c7-5-2-1-4(8)3-6(5)9/h1,3H,9H2. The molecule has 0 bridgehead atoms. The smallest absolute Gasteiger partial charge is 0.0484 e. The van der Waals surface area contributed by atoms with E-state index in [0.717, 1.165) is 4.47 Å². The van der Waals surface area contributed by atoms with E-state index in [9.17, 15) is 0 Å². The first-order valence-electron chi connectivity index (χ1n) is 2.32. The quantitative estimate of drug-likeness (QED) is 0.647. The fourth-order valence-electron chi connectivity index (χ4n) is 0.469. The van der Waals surface area contributed by atoms with Gasteiger partial charge < -0.3 is 5.73 Å². The van der Waals surface area contributed by atoms with E-state index in [1.165, 1.54) is 0 Å². The van der Waals surface area contributed by atoms with Crippen molar-refractivity contribution < 1.29 is 0 Å². The normalized spacial score (nSPS) is 9.56. The van der Waals surface area contributed by atoms with Crippen molar-refractivity contribution in [3.05, 3.63) is 27.7 Å². The van der Waals surface area contributed by atoms with Crippen LogP contribution in [0.3, 0.4) is 0 Å². The third-order valence-corrected chi connectivity index (χ3v) is 1.79. The van der Waals surface area contributed by atoms with Crippen molar-refractivity contribution >= 4 is 33.2 Å². The zero-order valence-electron chi connectivity index (χ0n) is 4.49. The van der Waals surface area contributed by atoms with E-state index in [0.29, 0.717) is 10.7 Å². The number of rotatable bonds is 0. The Hall–Kier alpha value is -0.210. The molecule has 47 valence electrons. The molecule has 0 saturated heterocycles. The highest BCUT2D eigenvalue weighted by molar-refractivity contribution is 9.10. The molecule has 1 aromatic carbocycles. The van der Waals surface area contributed by atoms with Crippen molar-refractivity contribution in [2.45, 2.75) is 0 Å². The maximum absolute atomic E-state index is 5.58. The summed E-state index contributed by atoms with van der Waals surface area (Å²) in [5.74, 6) is 0. The molecule has 9 heavy (non-hydrogen) atoms. The Labute approximate surface area is 66.9 Å². The Bertz CT molecular complexity index is 224. The van der Waals surface area contributed by atoms with Gasteiger partial charge in [0, 0.05) is 21.2 Å². The molecular weight excluding hydrogens is 201 g/mol. The van der Waals surface area contributed by atoms with Gasteiger partial charge in [-0.05, 0) is 28.1 Å². The summed E-state index contributed by atoms with van der Waals surface area (Å²) in [5.41, 5.74) is 6.07. The third kappa shape index (κ3) is 1.60. The van der Waals surface area contributed by atoms with Gasteiger partial charge in [0.1, 0.15) is 0 Å². The highest BCUT2D eigenvalue weighted by Gasteiger charge is 1.93. The van der Waals surface area contributed by atoms with Crippen molar-refractivity contribution in [2.24, 2.45) is 0 Å². The monoisotopic (exact) mass is 204 g/mol. The number of anilines is 1. The molecule has 0 amide bonds. The molecule has 0 aliphatic rings. The molecule has 0 aliphatic heterocycles. The van der Waals surface area contributed by atoms with Crippen LogP contribution in [0.25, 0.3) is 0 Å². The Balaban J connectivity index is 3.17. The summed E-state index contributed by atoms with van der Waals surface area (Å²) in [7, 11) is 0. The second kappa shape index (κ2) is 2.58. The molecule has 1 rings (SSSR count). The lowest BCUT2D eigenvalue weighted by molar-refractivity contribution is 1.62. The minimum Gasteiger partial charge on any atom is -0.398 e. The van der Waals surface area contributed by atoms with Gasteiger partial charge in [-0.2, -0.15) is 0 Å². The van der Waals surface area contributed by atoms with Crippen LogP contribution in [-0.4, -0.2) is 0 Å². The largest absolute Gasteiger partial charge is 0.398 e. The van der Waals surface area contributed by atoms with Crippen molar-refractivity contribution in [2.75, 3.05) is 5.73 Å². The molecular formula is C6H4BrClN. The van der Waals surface area contributed by atoms with E-state index >= 15 is 0 Å². The highest BCUT2D eigenvalue weighted by atomic mass is 79.9. The lowest BCUT2D eigenvalue weighted by Crippen LogP contribution is -1.84. The predicted molar refractivity (Wildman–Crippen MR) is 42.4 cm³/mol. The number of halogens is 2. The van der Waals surface area contributed by atoms with Gasteiger partial charge in [-0.25, -0.2) is 0 Å². The van der Waals surface area contributed by atoms with Crippen molar-refractivity contribution in [3.63, 3.8) is 0 Å². The van der Waals surface area contributed by atoms with Gasteiger partial charge in [0.25, 0.3) is 0 Å². The average molecular weight is 205 g/mol. The molecule has 3 heteroatoms. The summed E-state index contributed by atoms with van der Waals surface area (Å²) >= 11 is 8.77. The molecule has 0 saturated carbocycles. The van der Waals surface area contributed by atoms with Crippen LogP contribution in [-0.2, 0) is 0 Å². The lowest BCUT2D eigenvalue weighted by Gasteiger charge is -1.94. The summed E-state index contributed by atoms with van der Waals surface area (Å²) < 4.78 is 0.756. The second-order valence-electron chi connectivity index (χ2n) is 1.59. The molecule has 0 spiro atoms. The molecule has 0 fully saturated rings. The van der Waals surface area contributed by atoms with Crippen LogP contribution in [0, 0.1) is 6.07 Å². The van der Waals surface area contributed by atoms with Crippen molar-refractivity contribution in [3.8, 4) is 0 Å². The Kier molecular flexibility index (Phi) is 1.98. The number of nitrogens with two attached hydrogens (primary N) is 1. The van der Waals surface area contributed by atoms with Gasteiger partial charge in [0.15, 0.2) is 0 Å². The van der Waals surface area contributed by atoms with E-state index < -0.39 is 0 Å². The van der Waals surface area contributed by atoms with Gasteiger partial charge in [0.05, 0.1) is 0 Å². The van der Waals surface area contributed by atoms with Crippen LogP contribution in [0.1, 0.15) is 0 Å². The first-order valence-corrected chi connectivity index (χ1v) is 3.49. The van der Waals surface area contributed by atoms with Crippen LogP contribution < -0.4 is 5.73 Å². The molecule has 1 aromatic rings. The average Bonchev–Trinajstić information content (AvgIpc) is 1.80. The predicted octanol–water partition coefficient (Wildman–Crippen LogP) is 2.48. The Morgan fingerprint density at radius 1 is 1.67 bits per heavy atom. The first kappa shape index (κ1) is 6.90. The molecule has 0 aliphatic carbocycles. The topological polar surface area (TPSA) is 26.0 Å². The number of benzene rings is 1. The molecule has 1 radical (unpaired) electrons. The van der Waals surface area contributed by atoms with Crippen LogP contribution in [0.15, 0.2) is 16.6 Å². The fraction of sp³-hybridized carbons (Fsp3) is 0. The summed E-state index contributed by atoms with van der Waals surface area (Å²) in [5, 5.41) is 0.607. The molecule has 2 N–H and O–H groups in total.